The van der Waals surface area contributed by atoms with Crippen LogP contribution in [-0.2, 0) is 9.59 Å². The standard InChI is InChI=1S/C12H22N2O3S/c13-10(12(16)17)8-18-9-11(15)14-6-4-2-1-3-5-7-14/h10H,1-9,13H2,(H,16,17). The van der Waals surface area contributed by atoms with Crippen LogP contribution in [-0.4, -0.2) is 52.5 Å². The minimum atomic E-state index is -1.01. The first kappa shape index (κ1) is 15.3. The third-order valence-corrected chi connectivity index (χ3v) is 4.09. The highest BCUT2D eigenvalue weighted by Gasteiger charge is 2.16. The Morgan fingerprint density at radius 2 is 1.72 bits per heavy atom. The van der Waals surface area contributed by atoms with Gasteiger partial charge in [-0.15, -0.1) is 11.8 Å². The fourth-order valence-corrected chi connectivity index (χ4v) is 2.80. The molecule has 1 fully saturated rings. The van der Waals surface area contributed by atoms with Gasteiger partial charge in [0.1, 0.15) is 6.04 Å². The molecule has 104 valence electrons. The highest BCUT2D eigenvalue weighted by molar-refractivity contribution is 8.00. The molecule has 1 atom stereocenters. The monoisotopic (exact) mass is 274 g/mol. The second-order valence-electron chi connectivity index (χ2n) is 4.61. The van der Waals surface area contributed by atoms with E-state index >= 15 is 0 Å². The Morgan fingerprint density at radius 1 is 1.17 bits per heavy atom. The van der Waals surface area contributed by atoms with E-state index in [2.05, 4.69) is 0 Å². The number of hydrogen-bond acceptors (Lipinski definition) is 4. The lowest BCUT2D eigenvalue weighted by Crippen LogP contribution is -2.36. The molecule has 0 bridgehead atoms. The first-order valence-electron chi connectivity index (χ1n) is 6.45. The Kier molecular flexibility index (Phi) is 7.12. The normalized spacial score (nSPS) is 18.8. The number of amides is 1. The van der Waals surface area contributed by atoms with Crippen molar-refractivity contribution in [3.05, 3.63) is 0 Å². The van der Waals surface area contributed by atoms with Gasteiger partial charge < -0.3 is 15.7 Å². The summed E-state index contributed by atoms with van der Waals surface area (Å²) in [6, 6.07) is -0.880. The summed E-state index contributed by atoms with van der Waals surface area (Å²) in [6.07, 6.45) is 5.81. The van der Waals surface area contributed by atoms with E-state index in [1.54, 1.807) is 0 Å². The zero-order valence-electron chi connectivity index (χ0n) is 10.6. The van der Waals surface area contributed by atoms with Crippen molar-refractivity contribution in [1.29, 1.82) is 0 Å². The molecule has 1 aliphatic rings. The predicted octanol–water partition coefficient (Wildman–Crippen LogP) is 0.924. The number of rotatable bonds is 5. The largest absolute Gasteiger partial charge is 0.480 e. The lowest BCUT2D eigenvalue weighted by atomic mass is 10.1. The van der Waals surface area contributed by atoms with Gasteiger partial charge in [-0.05, 0) is 12.8 Å². The first-order chi connectivity index (χ1) is 8.61. The average molecular weight is 274 g/mol. The smallest absolute Gasteiger partial charge is 0.321 e. The molecule has 1 unspecified atom stereocenters. The number of nitrogens with zero attached hydrogens (tertiary/aromatic N) is 1. The molecule has 0 radical (unpaired) electrons. The van der Waals surface area contributed by atoms with Crippen molar-refractivity contribution in [3.63, 3.8) is 0 Å². The zero-order chi connectivity index (χ0) is 13.4. The maximum absolute atomic E-state index is 11.9. The number of thioether (sulfide) groups is 1. The third-order valence-electron chi connectivity index (χ3n) is 3.05. The Bertz CT molecular complexity index is 278. The Labute approximate surface area is 112 Å². The van der Waals surface area contributed by atoms with E-state index in [9.17, 15) is 9.59 Å². The van der Waals surface area contributed by atoms with E-state index in [4.69, 9.17) is 10.8 Å². The molecule has 0 aromatic heterocycles. The second-order valence-corrected chi connectivity index (χ2v) is 5.64. The van der Waals surface area contributed by atoms with Gasteiger partial charge in [0.2, 0.25) is 5.91 Å². The van der Waals surface area contributed by atoms with Crippen molar-refractivity contribution in [2.45, 2.75) is 38.1 Å². The summed E-state index contributed by atoms with van der Waals surface area (Å²) >= 11 is 1.31. The summed E-state index contributed by atoms with van der Waals surface area (Å²) < 4.78 is 0. The van der Waals surface area contributed by atoms with Gasteiger partial charge in [0.05, 0.1) is 5.75 Å². The molecule has 0 saturated carbocycles. The van der Waals surface area contributed by atoms with Crippen LogP contribution >= 0.6 is 11.8 Å². The highest BCUT2D eigenvalue weighted by atomic mass is 32.2. The molecular formula is C12H22N2O3S. The van der Waals surface area contributed by atoms with Crippen molar-refractivity contribution in [2.24, 2.45) is 5.73 Å². The molecule has 1 aliphatic heterocycles. The van der Waals surface area contributed by atoms with Crippen LogP contribution in [0.1, 0.15) is 32.1 Å². The van der Waals surface area contributed by atoms with Crippen molar-refractivity contribution >= 4 is 23.6 Å². The van der Waals surface area contributed by atoms with Gasteiger partial charge in [0, 0.05) is 18.8 Å². The number of carboxylic acid groups (broad SMARTS) is 1. The highest BCUT2D eigenvalue weighted by Crippen LogP contribution is 2.12. The average Bonchev–Trinajstić information content (AvgIpc) is 2.27. The fraction of sp³-hybridized carbons (Fsp3) is 0.833. The van der Waals surface area contributed by atoms with Gasteiger partial charge >= 0.3 is 5.97 Å². The number of likely N-dealkylation sites (tertiary alicyclic amines) is 1. The first-order valence-corrected chi connectivity index (χ1v) is 7.60. The van der Waals surface area contributed by atoms with Gasteiger partial charge in [-0.1, -0.05) is 19.3 Å². The lowest BCUT2D eigenvalue weighted by Gasteiger charge is -2.24. The minimum absolute atomic E-state index is 0.111. The Balaban J connectivity index is 2.23. The Morgan fingerprint density at radius 3 is 2.28 bits per heavy atom. The summed E-state index contributed by atoms with van der Waals surface area (Å²) in [4.78, 5) is 24.4. The summed E-state index contributed by atoms with van der Waals surface area (Å²) in [5, 5.41) is 8.63. The van der Waals surface area contributed by atoms with E-state index in [1.165, 1.54) is 31.0 Å². The van der Waals surface area contributed by atoms with Crippen LogP contribution in [0, 0.1) is 0 Å². The topological polar surface area (TPSA) is 83.6 Å². The summed E-state index contributed by atoms with van der Waals surface area (Å²) in [6.45, 7) is 1.68. The molecule has 0 spiro atoms. The molecule has 6 heteroatoms. The Hall–Kier alpha value is -0.750. The summed E-state index contributed by atoms with van der Waals surface area (Å²) in [5.41, 5.74) is 5.38. The number of hydrogen-bond donors (Lipinski definition) is 2. The van der Waals surface area contributed by atoms with Crippen molar-refractivity contribution < 1.29 is 14.7 Å². The molecule has 1 heterocycles. The number of nitrogens with two attached hydrogens (primary N) is 1. The number of carbonyl (C=O) groups is 2. The van der Waals surface area contributed by atoms with Gasteiger partial charge in [-0.2, -0.15) is 0 Å². The van der Waals surface area contributed by atoms with Gasteiger partial charge in [-0.25, -0.2) is 0 Å². The number of carbonyl (C=O) groups excluding carboxylic acids is 1. The van der Waals surface area contributed by atoms with Crippen molar-refractivity contribution in [3.8, 4) is 0 Å². The maximum Gasteiger partial charge on any atom is 0.321 e. The molecule has 0 aromatic rings. The van der Waals surface area contributed by atoms with E-state index < -0.39 is 12.0 Å². The molecule has 5 nitrogen and oxygen atoms in total. The molecule has 0 aromatic carbocycles. The molecule has 1 amide bonds. The van der Waals surface area contributed by atoms with E-state index in [0.29, 0.717) is 5.75 Å². The van der Waals surface area contributed by atoms with Crippen LogP contribution < -0.4 is 5.73 Å². The SMILES string of the molecule is NC(CSCC(=O)N1CCCCCCC1)C(=O)O. The lowest BCUT2D eigenvalue weighted by molar-refractivity contribution is -0.138. The molecule has 3 N–H and O–H groups in total. The van der Waals surface area contributed by atoms with Gasteiger partial charge in [0.15, 0.2) is 0 Å². The van der Waals surface area contributed by atoms with Crippen LogP contribution in [0.15, 0.2) is 0 Å². The maximum atomic E-state index is 11.9. The molecule has 1 rings (SSSR count). The van der Waals surface area contributed by atoms with Crippen molar-refractivity contribution in [2.75, 3.05) is 24.6 Å². The van der Waals surface area contributed by atoms with Crippen LogP contribution in [0.3, 0.4) is 0 Å². The third kappa shape index (κ3) is 5.73. The molecule has 1 saturated heterocycles. The summed E-state index contributed by atoms with van der Waals surface area (Å²) in [5.74, 6) is -0.281. The van der Waals surface area contributed by atoms with E-state index in [0.717, 1.165) is 25.9 Å². The van der Waals surface area contributed by atoms with Crippen LogP contribution in [0.5, 0.6) is 0 Å². The van der Waals surface area contributed by atoms with E-state index in [1.807, 2.05) is 4.90 Å². The predicted molar refractivity (Wildman–Crippen MR) is 72.6 cm³/mol. The van der Waals surface area contributed by atoms with Gasteiger partial charge in [0.25, 0.3) is 0 Å². The number of aliphatic carboxylic acids is 1. The number of carboxylic acids is 1. The van der Waals surface area contributed by atoms with Crippen LogP contribution in [0.4, 0.5) is 0 Å². The minimum Gasteiger partial charge on any atom is -0.480 e. The molecule has 0 aliphatic carbocycles. The quantitative estimate of drug-likeness (QED) is 0.779. The molecular weight excluding hydrogens is 252 g/mol. The summed E-state index contributed by atoms with van der Waals surface area (Å²) in [7, 11) is 0. The zero-order valence-corrected chi connectivity index (χ0v) is 11.5. The molecule has 18 heavy (non-hydrogen) atoms. The van der Waals surface area contributed by atoms with Crippen LogP contribution in [0.25, 0.3) is 0 Å². The van der Waals surface area contributed by atoms with Gasteiger partial charge in [-0.3, -0.25) is 9.59 Å². The fourth-order valence-electron chi connectivity index (χ4n) is 1.93. The van der Waals surface area contributed by atoms with Crippen LogP contribution in [0.2, 0.25) is 0 Å². The second kappa shape index (κ2) is 8.37. The van der Waals surface area contributed by atoms with E-state index in [-0.39, 0.29) is 11.7 Å². The van der Waals surface area contributed by atoms with Crippen molar-refractivity contribution in [1.82, 2.24) is 4.90 Å².